The number of nitrogens with one attached hydrogen (secondary N) is 1. The van der Waals surface area contributed by atoms with Crippen molar-refractivity contribution in [3.8, 4) is 5.75 Å². The van der Waals surface area contributed by atoms with Crippen LogP contribution in [0, 0.1) is 11.6 Å². The molecule has 0 atom stereocenters. The molecule has 0 aliphatic heterocycles. The topological polar surface area (TPSA) is 84.3 Å². The first kappa shape index (κ1) is 17.8. The monoisotopic (exact) mass is 379 g/mol. The molecule has 6 nitrogen and oxygen atoms in total. The number of carbonyl (C=O) groups is 1. The van der Waals surface area contributed by atoms with Crippen molar-refractivity contribution in [2.24, 2.45) is 0 Å². The molecule has 0 spiro atoms. The van der Waals surface area contributed by atoms with Crippen molar-refractivity contribution in [2.75, 3.05) is 12.4 Å². The van der Waals surface area contributed by atoms with E-state index in [9.17, 15) is 13.6 Å². The number of carboxylic acids is 1. The van der Waals surface area contributed by atoms with Crippen LogP contribution < -0.4 is 10.1 Å². The molecule has 9 heteroatoms. The number of carboxylic acid groups (broad SMARTS) is 1. The maximum absolute atomic E-state index is 14.1. The van der Waals surface area contributed by atoms with Gasteiger partial charge in [-0.1, -0.05) is 11.6 Å². The van der Waals surface area contributed by atoms with Gasteiger partial charge in [-0.05, 0) is 18.2 Å². The summed E-state index contributed by atoms with van der Waals surface area (Å²) in [6.07, 6.45) is 0.980. The Labute approximate surface area is 151 Å². The predicted molar refractivity (Wildman–Crippen MR) is 92.1 cm³/mol. The van der Waals surface area contributed by atoms with Crippen molar-refractivity contribution in [1.82, 2.24) is 9.97 Å². The summed E-state index contributed by atoms with van der Waals surface area (Å²) in [6, 6.07) is 5.32. The van der Waals surface area contributed by atoms with Gasteiger partial charge in [-0.15, -0.1) is 0 Å². The van der Waals surface area contributed by atoms with Crippen molar-refractivity contribution in [3.05, 3.63) is 52.8 Å². The van der Waals surface area contributed by atoms with E-state index >= 15 is 0 Å². The average Bonchev–Trinajstić information content (AvgIpc) is 2.61. The molecule has 2 aromatic carbocycles. The van der Waals surface area contributed by atoms with Crippen molar-refractivity contribution in [3.63, 3.8) is 0 Å². The quantitative estimate of drug-likeness (QED) is 0.653. The normalized spacial score (nSPS) is 10.8. The molecule has 0 bridgehead atoms. The van der Waals surface area contributed by atoms with Crippen molar-refractivity contribution >= 4 is 40.0 Å². The van der Waals surface area contributed by atoms with E-state index in [2.05, 4.69) is 15.3 Å². The lowest BCUT2D eigenvalue weighted by atomic mass is 10.1. The second-order valence-electron chi connectivity index (χ2n) is 5.32. The van der Waals surface area contributed by atoms with Gasteiger partial charge in [0.05, 0.1) is 24.7 Å². The van der Waals surface area contributed by atoms with Crippen LogP contribution in [-0.4, -0.2) is 28.2 Å². The summed E-state index contributed by atoms with van der Waals surface area (Å²) in [7, 11) is 1.42. The molecule has 2 N–H and O–H groups in total. The van der Waals surface area contributed by atoms with Crippen LogP contribution in [0.1, 0.15) is 5.56 Å². The van der Waals surface area contributed by atoms with Gasteiger partial charge in [0.1, 0.15) is 28.7 Å². The Hall–Kier alpha value is -3.00. The Morgan fingerprint density at radius 1 is 1.31 bits per heavy atom. The number of hydrogen-bond acceptors (Lipinski definition) is 5. The number of fused-ring (bicyclic) bond motifs is 1. The highest BCUT2D eigenvalue weighted by atomic mass is 35.5. The summed E-state index contributed by atoms with van der Waals surface area (Å²) in [5.74, 6) is -2.30. The molecule has 0 unspecified atom stereocenters. The number of ether oxygens (including phenoxy) is 1. The number of aliphatic carboxylic acids is 1. The Morgan fingerprint density at radius 2 is 2.08 bits per heavy atom. The van der Waals surface area contributed by atoms with E-state index < -0.39 is 22.6 Å². The van der Waals surface area contributed by atoms with Crippen LogP contribution in [0.15, 0.2) is 30.6 Å². The van der Waals surface area contributed by atoms with E-state index in [1.165, 1.54) is 19.5 Å². The van der Waals surface area contributed by atoms with E-state index in [0.29, 0.717) is 22.2 Å². The second-order valence-corrected chi connectivity index (χ2v) is 5.70. The Kier molecular flexibility index (Phi) is 4.85. The zero-order valence-corrected chi connectivity index (χ0v) is 14.1. The highest BCUT2D eigenvalue weighted by Gasteiger charge is 2.16. The van der Waals surface area contributed by atoms with Crippen LogP contribution in [0.25, 0.3) is 10.9 Å². The predicted octanol–water partition coefficient (Wildman–Crippen LogP) is 3.94. The summed E-state index contributed by atoms with van der Waals surface area (Å²) in [5, 5.41) is 11.6. The fourth-order valence-corrected chi connectivity index (χ4v) is 2.63. The summed E-state index contributed by atoms with van der Waals surface area (Å²) in [5.41, 5.74) is 0.789. The smallest absolute Gasteiger partial charge is 0.307 e. The van der Waals surface area contributed by atoms with Crippen LogP contribution in [-0.2, 0) is 11.2 Å². The number of aromatic nitrogens is 2. The average molecular weight is 380 g/mol. The minimum atomic E-state index is -1.04. The van der Waals surface area contributed by atoms with Gasteiger partial charge in [-0.3, -0.25) is 4.79 Å². The van der Waals surface area contributed by atoms with Gasteiger partial charge in [0, 0.05) is 17.0 Å². The number of anilines is 2. The van der Waals surface area contributed by atoms with Crippen LogP contribution in [0.2, 0.25) is 5.02 Å². The minimum absolute atomic E-state index is 0.0768. The Balaban J connectivity index is 2.11. The van der Waals surface area contributed by atoms with Gasteiger partial charge in [0.2, 0.25) is 0 Å². The number of benzene rings is 2. The molecule has 0 amide bonds. The van der Waals surface area contributed by atoms with Crippen LogP contribution in [0.5, 0.6) is 5.75 Å². The third-order valence-electron chi connectivity index (χ3n) is 3.67. The molecule has 3 rings (SSSR count). The summed E-state index contributed by atoms with van der Waals surface area (Å²) in [4.78, 5) is 19.2. The van der Waals surface area contributed by atoms with E-state index in [-0.39, 0.29) is 17.9 Å². The maximum atomic E-state index is 14.1. The molecule has 0 radical (unpaired) electrons. The van der Waals surface area contributed by atoms with Gasteiger partial charge < -0.3 is 15.2 Å². The zero-order chi connectivity index (χ0) is 18.8. The minimum Gasteiger partial charge on any atom is -0.496 e. The highest BCUT2D eigenvalue weighted by Crippen LogP contribution is 2.32. The largest absolute Gasteiger partial charge is 0.496 e. The van der Waals surface area contributed by atoms with E-state index in [1.54, 1.807) is 12.1 Å². The third kappa shape index (κ3) is 3.36. The molecule has 3 aromatic rings. The highest BCUT2D eigenvalue weighted by molar-refractivity contribution is 6.31. The Bertz CT molecular complexity index is 1010. The molecule has 0 saturated heterocycles. The van der Waals surface area contributed by atoms with Gasteiger partial charge in [0.25, 0.3) is 0 Å². The molecule has 0 saturated carbocycles. The van der Waals surface area contributed by atoms with Crippen LogP contribution in [0.3, 0.4) is 0 Å². The summed E-state index contributed by atoms with van der Waals surface area (Å²) < 4.78 is 32.7. The third-order valence-corrected chi connectivity index (χ3v) is 4.01. The Morgan fingerprint density at radius 3 is 2.77 bits per heavy atom. The lowest BCUT2D eigenvalue weighted by Crippen LogP contribution is -2.04. The van der Waals surface area contributed by atoms with Gasteiger partial charge in [0.15, 0.2) is 5.82 Å². The van der Waals surface area contributed by atoms with Crippen LogP contribution >= 0.6 is 11.6 Å². The zero-order valence-electron chi connectivity index (χ0n) is 13.4. The fraction of sp³-hybridized carbons (Fsp3) is 0.118. The fourth-order valence-electron chi connectivity index (χ4n) is 2.47. The SMILES string of the molecule is COc1cc2ncnc(Nc3ccc(F)c(Cl)c3F)c2cc1CC(=O)O. The second kappa shape index (κ2) is 7.09. The van der Waals surface area contributed by atoms with E-state index in [4.69, 9.17) is 21.4 Å². The first-order valence-corrected chi connectivity index (χ1v) is 7.72. The molecule has 0 aliphatic carbocycles. The molecule has 26 heavy (non-hydrogen) atoms. The number of nitrogens with zero attached hydrogens (tertiary/aromatic N) is 2. The van der Waals surface area contributed by atoms with Gasteiger partial charge in [-0.2, -0.15) is 0 Å². The lowest BCUT2D eigenvalue weighted by molar-refractivity contribution is -0.136. The maximum Gasteiger partial charge on any atom is 0.307 e. The summed E-state index contributed by atoms with van der Waals surface area (Å²) in [6.45, 7) is 0. The van der Waals surface area contributed by atoms with E-state index in [0.717, 1.165) is 6.07 Å². The first-order chi connectivity index (χ1) is 12.4. The van der Waals surface area contributed by atoms with Crippen molar-refractivity contribution < 1.29 is 23.4 Å². The molecule has 1 heterocycles. The number of halogens is 3. The molecule has 134 valence electrons. The number of methoxy groups -OCH3 is 1. The molecule has 0 fully saturated rings. The molecular weight excluding hydrogens is 368 g/mol. The van der Waals surface area contributed by atoms with Crippen molar-refractivity contribution in [1.29, 1.82) is 0 Å². The molecule has 1 aromatic heterocycles. The standard InChI is InChI=1S/C17H12ClF2N3O3/c1-26-13-6-12-9(4-8(13)5-14(24)25)17(22-7-21-12)23-11-3-2-10(19)15(18)16(11)20/h2-4,6-7H,5H2,1H3,(H,24,25)(H,21,22,23). The van der Waals surface area contributed by atoms with Gasteiger partial charge >= 0.3 is 5.97 Å². The number of hydrogen-bond donors (Lipinski definition) is 2. The summed E-state index contributed by atoms with van der Waals surface area (Å²) >= 11 is 5.58. The van der Waals surface area contributed by atoms with Crippen LogP contribution in [0.4, 0.5) is 20.3 Å². The molecular formula is C17H12ClF2N3O3. The van der Waals surface area contributed by atoms with E-state index in [1.807, 2.05) is 0 Å². The first-order valence-electron chi connectivity index (χ1n) is 7.34. The molecule has 0 aliphatic rings. The lowest BCUT2D eigenvalue weighted by Gasteiger charge is -2.13. The van der Waals surface area contributed by atoms with Crippen molar-refractivity contribution in [2.45, 2.75) is 6.42 Å². The van der Waals surface area contributed by atoms with Gasteiger partial charge in [-0.25, -0.2) is 18.7 Å². The number of rotatable bonds is 5.